The molecule has 0 N–H and O–H groups in total. The Kier molecular flexibility index (Phi) is 4.65. The van der Waals surface area contributed by atoms with Crippen LogP contribution >= 0.6 is 0 Å². The lowest BCUT2D eigenvalue weighted by Crippen LogP contribution is -2.48. The van der Waals surface area contributed by atoms with Crippen molar-refractivity contribution in [3.05, 3.63) is 35.3 Å². The third-order valence-electron chi connectivity index (χ3n) is 4.21. The van der Waals surface area contributed by atoms with Gasteiger partial charge in [-0.15, -0.1) is 0 Å². The van der Waals surface area contributed by atoms with Gasteiger partial charge in [0.05, 0.1) is 35.6 Å². The monoisotopic (exact) mass is 329 g/mol. The molecule has 0 amide bonds. The fraction of sp³-hybridized carbons (Fsp3) is 0.444. The molecule has 2 atom stereocenters. The van der Waals surface area contributed by atoms with Crippen LogP contribution in [0.25, 0.3) is 10.9 Å². The number of rotatable bonds is 3. The molecule has 1 aliphatic rings. The zero-order valence-electron chi connectivity index (χ0n) is 14.0. The van der Waals surface area contributed by atoms with Gasteiger partial charge >= 0.3 is 0 Å². The van der Waals surface area contributed by atoms with Crippen LogP contribution in [-0.2, 0) is 9.47 Å². The van der Waals surface area contributed by atoms with Crippen LogP contribution in [0.15, 0.2) is 18.3 Å². The average Bonchev–Trinajstić information content (AvgIpc) is 2.53. The summed E-state index contributed by atoms with van der Waals surface area (Å²) in [5.41, 5.74) is 2.64. The summed E-state index contributed by atoms with van der Waals surface area (Å²) in [6, 6.07) is 5.10. The first-order valence-corrected chi connectivity index (χ1v) is 7.91. The first-order chi connectivity index (χ1) is 11.5. The summed E-state index contributed by atoms with van der Waals surface area (Å²) in [5, 5.41) is 10.2. The molecule has 2 aromatic rings. The van der Waals surface area contributed by atoms with Crippen molar-refractivity contribution in [2.75, 3.05) is 31.7 Å². The van der Waals surface area contributed by atoms with Gasteiger partial charge in [0.25, 0.3) is 0 Å². The lowest BCUT2D eigenvalue weighted by Gasteiger charge is -2.38. The van der Waals surface area contributed by atoms with E-state index in [-0.39, 0.29) is 18.0 Å². The highest BCUT2D eigenvalue weighted by molar-refractivity contribution is 5.96. The molecule has 2 heterocycles. The van der Waals surface area contributed by atoms with Crippen LogP contribution in [0.1, 0.15) is 18.1 Å². The van der Waals surface area contributed by atoms with E-state index in [2.05, 4.69) is 16.0 Å². The van der Waals surface area contributed by atoms with Gasteiger partial charge in [-0.2, -0.15) is 5.26 Å². The number of anilines is 1. The Balaban J connectivity index is 2.15. The summed E-state index contributed by atoms with van der Waals surface area (Å²) in [6.07, 6.45) is 1.46. The number of fused-ring (bicyclic) bond motifs is 1. The minimum Gasteiger partial charge on any atom is -0.382 e. The Morgan fingerprint density at radius 3 is 2.96 bits per heavy atom. The van der Waals surface area contributed by atoms with Gasteiger partial charge in [-0.1, -0.05) is 0 Å². The summed E-state index contributed by atoms with van der Waals surface area (Å²) in [7, 11) is 1.63. The van der Waals surface area contributed by atoms with Gasteiger partial charge in [-0.05, 0) is 31.5 Å². The third-order valence-corrected chi connectivity index (χ3v) is 4.21. The van der Waals surface area contributed by atoms with Crippen molar-refractivity contribution in [2.45, 2.75) is 26.1 Å². The number of nitrogens with zero attached hydrogens (tertiary/aromatic N) is 3. The Morgan fingerprint density at radius 1 is 1.46 bits per heavy atom. The van der Waals surface area contributed by atoms with Gasteiger partial charge in [0.2, 0.25) is 0 Å². The number of morpholine rings is 1. The topological polar surface area (TPSA) is 58.4 Å². The van der Waals surface area contributed by atoms with Crippen molar-refractivity contribution < 1.29 is 13.9 Å². The molecule has 1 fully saturated rings. The molecular weight excluding hydrogens is 309 g/mol. The van der Waals surface area contributed by atoms with Crippen LogP contribution in [0.5, 0.6) is 0 Å². The van der Waals surface area contributed by atoms with Crippen LogP contribution in [-0.4, -0.2) is 44.0 Å². The van der Waals surface area contributed by atoms with E-state index in [4.69, 9.17) is 9.47 Å². The fourth-order valence-electron chi connectivity index (χ4n) is 3.35. The second-order valence-corrected chi connectivity index (χ2v) is 6.18. The summed E-state index contributed by atoms with van der Waals surface area (Å²) in [6.45, 7) is 5.49. The van der Waals surface area contributed by atoms with Crippen molar-refractivity contribution in [1.82, 2.24) is 4.98 Å². The molecule has 0 bridgehead atoms. The number of aryl methyl sites for hydroxylation is 1. The molecule has 0 radical (unpaired) electrons. The Hall–Kier alpha value is -2.23. The minimum atomic E-state index is -0.326. The fourth-order valence-corrected chi connectivity index (χ4v) is 3.35. The standard InChI is InChI=1S/C18H20FN3O2/c1-11-4-14(19)5-16-17(11)21-7-13(6-20)18(16)22-8-12(2)24-15(9-22)10-23-3/h4-5,7,12,15H,8-10H2,1-3H3. The van der Waals surface area contributed by atoms with E-state index in [9.17, 15) is 9.65 Å². The maximum absolute atomic E-state index is 14.0. The Bertz CT molecular complexity index is 803. The van der Waals surface area contributed by atoms with Crippen LogP contribution < -0.4 is 4.90 Å². The summed E-state index contributed by atoms with van der Waals surface area (Å²) < 4.78 is 25.1. The van der Waals surface area contributed by atoms with Gasteiger partial charge in [0.15, 0.2) is 0 Å². The Morgan fingerprint density at radius 2 is 2.25 bits per heavy atom. The van der Waals surface area contributed by atoms with Crippen molar-refractivity contribution >= 4 is 16.6 Å². The van der Waals surface area contributed by atoms with E-state index >= 15 is 0 Å². The number of benzene rings is 1. The molecule has 6 heteroatoms. The normalized spacial score (nSPS) is 21.0. The lowest BCUT2D eigenvalue weighted by molar-refractivity contribution is -0.0510. The number of nitriles is 1. The molecule has 0 saturated carbocycles. The number of hydrogen-bond acceptors (Lipinski definition) is 5. The third kappa shape index (κ3) is 3.05. The zero-order chi connectivity index (χ0) is 17.3. The number of aromatic nitrogens is 1. The summed E-state index contributed by atoms with van der Waals surface area (Å²) >= 11 is 0. The molecule has 3 rings (SSSR count). The molecule has 1 aliphatic heterocycles. The van der Waals surface area contributed by atoms with Crippen molar-refractivity contribution in [3.63, 3.8) is 0 Å². The maximum atomic E-state index is 14.0. The number of hydrogen-bond donors (Lipinski definition) is 0. The van der Waals surface area contributed by atoms with E-state index in [1.807, 2.05) is 13.8 Å². The minimum absolute atomic E-state index is 0.0108. The number of pyridine rings is 1. The largest absolute Gasteiger partial charge is 0.382 e. The van der Waals surface area contributed by atoms with Gasteiger partial charge in [-0.3, -0.25) is 4.98 Å². The predicted octanol–water partition coefficient (Wildman–Crippen LogP) is 2.79. The SMILES string of the molecule is COCC1CN(c2c(C#N)cnc3c(C)cc(F)cc23)CC(C)O1. The van der Waals surface area contributed by atoms with E-state index < -0.39 is 0 Å². The Labute approximate surface area is 140 Å². The first-order valence-electron chi connectivity index (χ1n) is 7.91. The maximum Gasteiger partial charge on any atom is 0.124 e. The van der Waals surface area contributed by atoms with Gasteiger partial charge in [-0.25, -0.2) is 4.39 Å². The molecule has 5 nitrogen and oxygen atoms in total. The zero-order valence-corrected chi connectivity index (χ0v) is 14.0. The highest BCUT2D eigenvalue weighted by Crippen LogP contribution is 2.33. The molecule has 1 aromatic heterocycles. The van der Waals surface area contributed by atoms with Crippen LogP contribution in [0, 0.1) is 24.1 Å². The van der Waals surface area contributed by atoms with E-state index in [0.29, 0.717) is 36.2 Å². The highest BCUT2D eigenvalue weighted by Gasteiger charge is 2.28. The van der Waals surface area contributed by atoms with E-state index in [0.717, 1.165) is 11.3 Å². The van der Waals surface area contributed by atoms with Gasteiger partial charge in [0.1, 0.15) is 11.9 Å². The molecular formula is C18H20FN3O2. The number of halogens is 1. The second kappa shape index (κ2) is 6.71. The average molecular weight is 329 g/mol. The predicted molar refractivity (Wildman–Crippen MR) is 89.6 cm³/mol. The van der Waals surface area contributed by atoms with E-state index in [1.54, 1.807) is 13.3 Å². The first kappa shape index (κ1) is 16.6. The van der Waals surface area contributed by atoms with Crippen molar-refractivity contribution in [2.24, 2.45) is 0 Å². The van der Waals surface area contributed by atoms with Crippen LogP contribution in [0.2, 0.25) is 0 Å². The van der Waals surface area contributed by atoms with Crippen molar-refractivity contribution in [3.8, 4) is 6.07 Å². The quantitative estimate of drug-likeness (QED) is 0.866. The van der Waals surface area contributed by atoms with Crippen LogP contribution in [0.4, 0.5) is 10.1 Å². The highest BCUT2D eigenvalue weighted by atomic mass is 19.1. The molecule has 0 aliphatic carbocycles. The smallest absolute Gasteiger partial charge is 0.124 e. The summed E-state index contributed by atoms with van der Waals surface area (Å²) in [5.74, 6) is -0.326. The molecule has 126 valence electrons. The van der Waals surface area contributed by atoms with E-state index in [1.165, 1.54) is 12.1 Å². The lowest BCUT2D eigenvalue weighted by atomic mass is 10.0. The second-order valence-electron chi connectivity index (χ2n) is 6.18. The number of methoxy groups -OCH3 is 1. The molecule has 1 aromatic carbocycles. The molecule has 2 unspecified atom stereocenters. The summed E-state index contributed by atoms with van der Waals surface area (Å²) in [4.78, 5) is 6.43. The molecule has 1 saturated heterocycles. The number of ether oxygens (including phenoxy) is 2. The van der Waals surface area contributed by atoms with Gasteiger partial charge < -0.3 is 14.4 Å². The molecule has 24 heavy (non-hydrogen) atoms. The molecule has 0 spiro atoms. The van der Waals surface area contributed by atoms with Crippen molar-refractivity contribution in [1.29, 1.82) is 5.26 Å². The van der Waals surface area contributed by atoms with Crippen LogP contribution in [0.3, 0.4) is 0 Å². The van der Waals surface area contributed by atoms with Gasteiger partial charge in [0, 0.05) is 31.8 Å².